The van der Waals surface area contributed by atoms with E-state index in [4.69, 9.17) is 0 Å². The van der Waals surface area contributed by atoms with E-state index in [2.05, 4.69) is 33.9 Å². The second-order valence-electron chi connectivity index (χ2n) is 7.12. The van der Waals surface area contributed by atoms with Crippen LogP contribution in [0.5, 0.6) is 0 Å². The van der Waals surface area contributed by atoms with Crippen LogP contribution in [0.3, 0.4) is 0 Å². The van der Waals surface area contributed by atoms with Crippen molar-refractivity contribution in [3.8, 4) is 0 Å². The molecule has 1 aliphatic carbocycles. The summed E-state index contributed by atoms with van der Waals surface area (Å²) in [6, 6.07) is 10.6. The molecule has 2 aliphatic heterocycles. The number of nitrogens with zero attached hydrogens (tertiary/aromatic N) is 2. The number of nitrogens with one attached hydrogen (secondary N) is 1. The predicted molar refractivity (Wildman–Crippen MR) is 90.0 cm³/mol. The standard InChI is InChI=1S/C17H25N3O2S/c21-23(22,20-9-5-2-6-10-20)18-17-15-12-19(13-16(15)17)11-14-7-3-1-4-8-14/h1,3-4,7-8,15-18H,2,5-6,9-13H2. The molecule has 1 aromatic rings. The zero-order chi connectivity index (χ0) is 15.9. The molecule has 6 heteroatoms. The van der Waals surface area contributed by atoms with Gasteiger partial charge >= 0.3 is 0 Å². The van der Waals surface area contributed by atoms with Gasteiger partial charge in [-0.25, -0.2) is 0 Å². The smallest absolute Gasteiger partial charge is 0.279 e. The number of fused-ring (bicyclic) bond motifs is 1. The van der Waals surface area contributed by atoms with Gasteiger partial charge in [0.15, 0.2) is 0 Å². The van der Waals surface area contributed by atoms with Crippen molar-refractivity contribution in [3.63, 3.8) is 0 Å². The quantitative estimate of drug-likeness (QED) is 0.886. The van der Waals surface area contributed by atoms with Crippen LogP contribution < -0.4 is 4.72 Å². The largest absolute Gasteiger partial charge is 0.298 e. The summed E-state index contributed by atoms with van der Waals surface area (Å²) in [6.45, 7) is 4.34. The summed E-state index contributed by atoms with van der Waals surface area (Å²) < 4.78 is 29.5. The van der Waals surface area contributed by atoms with E-state index in [1.54, 1.807) is 4.31 Å². The minimum Gasteiger partial charge on any atom is -0.298 e. The molecule has 0 spiro atoms. The number of hydrogen-bond acceptors (Lipinski definition) is 3. The van der Waals surface area contributed by atoms with Gasteiger partial charge in [-0.1, -0.05) is 36.8 Å². The molecule has 2 saturated heterocycles. The lowest BCUT2D eigenvalue weighted by Gasteiger charge is -2.27. The maximum Gasteiger partial charge on any atom is 0.279 e. The molecule has 0 aromatic heterocycles. The van der Waals surface area contributed by atoms with E-state index in [-0.39, 0.29) is 6.04 Å². The third-order valence-corrected chi connectivity index (χ3v) is 7.07. The van der Waals surface area contributed by atoms with Gasteiger partial charge in [-0.05, 0) is 30.2 Å². The van der Waals surface area contributed by atoms with Gasteiger partial charge in [0.1, 0.15) is 0 Å². The molecule has 4 rings (SSSR count). The highest BCUT2D eigenvalue weighted by Gasteiger charge is 2.57. The van der Waals surface area contributed by atoms with Crippen LogP contribution in [-0.2, 0) is 16.8 Å². The molecule has 5 nitrogen and oxygen atoms in total. The Kier molecular flexibility index (Phi) is 4.17. The Morgan fingerprint density at radius 3 is 2.30 bits per heavy atom. The summed E-state index contributed by atoms with van der Waals surface area (Å²) in [7, 11) is -3.27. The minimum absolute atomic E-state index is 0.161. The zero-order valence-corrected chi connectivity index (χ0v) is 14.2. The number of likely N-dealkylation sites (tertiary alicyclic amines) is 1. The normalized spacial score (nSPS) is 31.9. The summed E-state index contributed by atoms with van der Waals surface area (Å²) in [6.07, 6.45) is 3.13. The summed E-state index contributed by atoms with van der Waals surface area (Å²) >= 11 is 0. The fourth-order valence-electron chi connectivity index (χ4n) is 4.11. The van der Waals surface area contributed by atoms with Crippen molar-refractivity contribution in [2.24, 2.45) is 11.8 Å². The Bertz CT molecular complexity index is 631. The second-order valence-corrected chi connectivity index (χ2v) is 8.82. The van der Waals surface area contributed by atoms with Crippen LogP contribution in [0.15, 0.2) is 30.3 Å². The van der Waals surface area contributed by atoms with Gasteiger partial charge in [-0.2, -0.15) is 17.4 Å². The highest BCUT2D eigenvalue weighted by Crippen LogP contribution is 2.46. The molecular weight excluding hydrogens is 310 g/mol. The Labute approximate surface area is 138 Å². The molecule has 126 valence electrons. The van der Waals surface area contributed by atoms with Crippen molar-refractivity contribution < 1.29 is 8.42 Å². The maximum atomic E-state index is 12.4. The van der Waals surface area contributed by atoms with E-state index in [9.17, 15) is 8.42 Å². The van der Waals surface area contributed by atoms with Crippen LogP contribution >= 0.6 is 0 Å². The number of rotatable bonds is 5. The van der Waals surface area contributed by atoms with E-state index in [0.717, 1.165) is 38.9 Å². The van der Waals surface area contributed by atoms with Crippen LogP contribution in [-0.4, -0.2) is 49.8 Å². The number of piperidine rings is 2. The van der Waals surface area contributed by atoms with Gasteiger partial charge in [0.05, 0.1) is 0 Å². The molecule has 3 aliphatic rings. The van der Waals surface area contributed by atoms with Crippen molar-refractivity contribution in [2.75, 3.05) is 26.2 Å². The molecule has 0 amide bonds. The van der Waals surface area contributed by atoms with E-state index < -0.39 is 10.2 Å². The second kappa shape index (κ2) is 6.16. The molecule has 2 atom stereocenters. The molecule has 23 heavy (non-hydrogen) atoms. The molecule has 1 aromatic carbocycles. The van der Waals surface area contributed by atoms with E-state index in [1.807, 2.05) is 6.07 Å². The zero-order valence-electron chi connectivity index (χ0n) is 13.4. The minimum atomic E-state index is -3.27. The third kappa shape index (κ3) is 3.31. The van der Waals surface area contributed by atoms with Gasteiger partial charge in [0.25, 0.3) is 10.2 Å². The maximum absolute atomic E-state index is 12.4. The fourth-order valence-corrected chi connectivity index (χ4v) is 5.69. The monoisotopic (exact) mass is 335 g/mol. The van der Waals surface area contributed by atoms with Crippen LogP contribution in [0.2, 0.25) is 0 Å². The SMILES string of the molecule is O=S(=O)(NC1C2CN(Cc3ccccc3)CC21)N1CCCCC1. The Morgan fingerprint density at radius 2 is 1.65 bits per heavy atom. The van der Waals surface area contributed by atoms with Gasteiger partial charge in [0.2, 0.25) is 0 Å². The third-order valence-electron chi connectivity index (χ3n) is 5.46. The molecule has 0 radical (unpaired) electrons. The van der Waals surface area contributed by atoms with Crippen LogP contribution in [0.25, 0.3) is 0 Å². The molecule has 2 unspecified atom stereocenters. The van der Waals surface area contributed by atoms with Crippen LogP contribution in [0, 0.1) is 11.8 Å². The van der Waals surface area contributed by atoms with E-state index in [1.165, 1.54) is 5.56 Å². The first-order valence-electron chi connectivity index (χ1n) is 8.67. The van der Waals surface area contributed by atoms with Gasteiger partial charge < -0.3 is 0 Å². The number of benzene rings is 1. The molecule has 0 bridgehead atoms. The average Bonchev–Trinajstić information content (AvgIpc) is 3.00. The fraction of sp³-hybridized carbons (Fsp3) is 0.647. The lowest BCUT2D eigenvalue weighted by molar-refractivity contribution is 0.284. The lowest BCUT2D eigenvalue weighted by Crippen LogP contribution is -2.46. The summed E-state index contributed by atoms with van der Waals surface area (Å²) in [4.78, 5) is 2.44. The molecule has 1 N–H and O–H groups in total. The molecule has 2 heterocycles. The van der Waals surface area contributed by atoms with Crippen molar-refractivity contribution in [1.82, 2.24) is 13.9 Å². The number of hydrogen-bond donors (Lipinski definition) is 1. The highest BCUT2D eigenvalue weighted by atomic mass is 32.2. The topological polar surface area (TPSA) is 52.7 Å². The summed E-state index contributed by atoms with van der Waals surface area (Å²) in [5, 5.41) is 0. The highest BCUT2D eigenvalue weighted by molar-refractivity contribution is 7.87. The molecule has 1 saturated carbocycles. The molecule has 3 fully saturated rings. The first kappa shape index (κ1) is 15.6. The first-order valence-corrected chi connectivity index (χ1v) is 10.1. The molecular formula is C17H25N3O2S. The summed E-state index contributed by atoms with van der Waals surface area (Å²) in [5.74, 6) is 0.997. The van der Waals surface area contributed by atoms with Gasteiger partial charge in [0, 0.05) is 38.8 Å². The van der Waals surface area contributed by atoms with Gasteiger partial charge in [-0.15, -0.1) is 0 Å². The Balaban J connectivity index is 1.29. The van der Waals surface area contributed by atoms with Crippen molar-refractivity contribution in [1.29, 1.82) is 0 Å². The summed E-state index contributed by atoms with van der Waals surface area (Å²) in [5.41, 5.74) is 1.33. The lowest BCUT2D eigenvalue weighted by atomic mass is 10.2. The predicted octanol–water partition coefficient (Wildman–Crippen LogP) is 1.44. The van der Waals surface area contributed by atoms with Crippen LogP contribution in [0.4, 0.5) is 0 Å². The Hall–Kier alpha value is -0.950. The average molecular weight is 335 g/mol. The Morgan fingerprint density at radius 1 is 1.00 bits per heavy atom. The van der Waals surface area contributed by atoms with Crippen LogP contribution in [0.1, 0.15) is 24.8 Å². The first-order chi connectivity index (χ1) is 11.1. The van der Waals surface area contributed by atoms with E-state index >= 15 is 0 Å². The van der Waals surface area contributed by atoms with Crippen molar-refractivity contribution in [3.05, 3.63) is 35.9 Å². The van der Waals surface area contributed by atoms with Crippen molar-refractivity contribution in [2.45, 2.75) is 31.8 Å². The van der Waals surface area contributed by atoms with Crippen molar-refractivity contribution >= 4 is 10.2 Å². The van der Waals surface area contributed by atoms with Gasteiger partial charge in [-0.3, -0.25) is 4.90 Å². The van der Waals surface area contributed by atoms with E-state index in [0.29, 0.717) is 24.9 Å².